The fourth-order valence-corrected chi connectivity index (χ4v) is 2.71. The molecule has 108 valence electrons. The normalized spacial score (nSPS) is 11.0. The van der Waals surface area contributed by atoms with Crippen LogP contribution in [0, 0.1) is 9.39 Å². The van der Waals surface area contributed by atoms with Crippen LogP contribution >= 0.6 is 34.2 Å². The summed E-state index contributed by atoms with van der Waals surface area (Å²) >= 11 is 8.32. The quantitative estimate of drug-likeness (QED) is 0.589. The van der Waals surface area contributed by atoms with Crippen molar-refractivity contribution < 1.29 is 13.9 Å². The Balaban J connectivity index is 2.36. The van der Waals surface area contributed by atoms with Crippen LogP contribution in [0.5, 0.6) is 5.75 Å². The van der Waals surface area contributed by atoms with Crippen LogP contribution in [-0.2, 0) is 0 Å². The van der Waals surface area contributed by atoms with Crippen LogP contribution in [0.25, 0.3) is 21.9 Å². The number of ether oxygens (including phenoxy) is 1. The number of carbonyl (C=O) groups excluding carboxylic acids is 1. The summed E-state index contributed by atoms with van der Waals surface area (Å²) in [6.45, 7) is 0. The minimum absolute atomic E-state index is 0.0772. The lowest BCUT2D eigenvalue weighted by Gasteiger charge is -2.05. The molecular formula is C13H8ClFIN3O2. The zero-order valence-electron chi connectivity index (χ0n) is 10.6. The lowest BCUT2D eigenvalue weighted by molar-refractivity contribution is 0.203. The number of H-pyrrole nitrogens is 1. The molecule has 0 spiro atoms. The molecule has 1 aromatic carbocycles. The zero-order valence-corrected chi connectivity index (χ0v) is 13.5. The lowest BCUT2D eigenvalue weighted by Crippen LogP contribution is -2.22. The van der Waals surface area contributed by atoms with Crippen molar-refractivity contribution in [3.8, 4) is 5.75 Å². The summed E-state index contributed by atoms with van der Waals surface area (Å²) in [5, 5.41) is 3.90. The van der Waals surface area contributed by atoms with Gasteiger partial charge in [0.1, 0.15) is 11.5 Å². The average molecular weight is 420 g/mol. The van der Waals surface area contributed by atoms with Crippen LogP contribution in [0.2, 0.25) is 5.02 Å². The number of halogens is 3. The maximum atomic E-state index is 13.8. The molecule has 2 aromatic heterocycles. The molecule has 0 atom stereocenters. The number of benzene rings is 1. The Bertz CT molecular complexity index is 881. The molecule has 0 saturated carbocycles. The maximum Gasteiger partial charge on any atom is 0.412 e. The van der Waals surface area contributed by atoms with E-state index in [1.165, 1.54) is 13.1 Å². The minimum Gasteiger partial charge on any atom is -0.408 e. The van der Waals surface area contributed by atoms with Crippen molar-refractivity contribution in [3.05, 3.63) is 32.7 Å². The minimum atomic E-state index is -0.686. The van der Waals surface area contributed by atoms with E-state index in [9.17, 15) is 9.18 Å². The van der Waals surface area contributed by atoms with Gasteiger partial charge in [0.15, 0.2) is 5.75 Å². The summed E-state index contributed by atoms with van der Waals surface area (Å²) in [5.41, 5.74) is 0.967. The number of amides is 1. The van der Waals surface area contributed by atoms with Crippen molar-refractivity contribution in [2.45, 2.75) is 0 Å². The second kappa shape index (κ2) is 5.30. The van der Waals surface area contributed by atoms with Crippen molar-refractivity contribution in [3.63, 3.8) is 0 Å². The maximum absolute atomic E-state index is 13.8. The molecule has 0 radical (unpaired) electrons. The van der Waals surface area contributed by atoms with Gasteiger partial charge in [-0.25, -0.2) is 14.2 Å². The molecule has 3 aromatic rings. The molecule has 0 aliphatic heterocycles. The van der Waals surface area contributed by atoms with Gasteiger partial charge in [-0.1, -0.05) is 11.6 Å². The number of hydrogen-bond donors (Lipinski definition) is 2. The Morgan fingerprint density at radius 1 is 1.52 bits per heavy atom. The van der Waals surface area contributed by atoms with Crippen LogP contribution < -0.4 is 10.1 Å². The predicted molar refractivity (Wildman–Crippen MR) is 86.4 cm³/mol. The first-order valence-corrected chi connectivity index (χ1v) is 7.31. The van der Waals surface area contributed by atoms with E-state index in [-0.39, 0.29) is 5.75 Å². The van der Waals surface area contributed by atoms with Gasteiger partial charge in [-0.2, -0.15) is 0 Å². The van der Waals surface area contributed by atoms with Gasteiger partial charge in [-0.3, -0.25) is 0 Å². The van der Waals surface area contributed by atoms with E-state index < -0.39 is 11.9 Å². The van der Waals surface area contributed by atoms with Crippen LogP contribution in [0.3, 0.4) is 0 Å². The molecule has 0 saturated heterocycles. The number of rotatable bonds is 1. The molecule has 21 heavy (non-hydrogen) atoms. The smallest absolute Gasteiger partial charge is 0.408 e. The van der Waals surface area contributed by atoms with Gasteiger partial charge < -0.3 is 15.0 Å². The third kappa shape index (κ3) is 2.40. The number of pyridine rings is 1. The molecule has 0 aliphatic carbocycles. The molecule has 8 heteroatoms. The van der Waals surface area contributed by atoms with Crippen molar-refractivity contribution in [2.24, 2.45) is 0 Å². The SMILES string of the molecule is CNC(=O)Oc1cc(F)cc2c1[nH]c1ncc(I)c(Cl)c12. The van der Waals surface area contributed by atoms with Crippen molar-refractivity contribution in [2.75, 3.05) is 7.05 Å². The highest BCUT2D eigenvalue weighted by atomic mass is 127. The number of nitrogens with zero attached hydrogens (tertiary/aromatic N) is 1. The van der Waals surface area contributed by atoms with Crippen molar-refractivity contribution in [1.29, 1.82) is 0 Å². The van der Waals surface area contributed by atoms with Gasteiger partial charge in [0.2, 0.25) is 0 Å². The third-order valence-electron chi connectivity index (χ3n) is 2.96. The first-order chi connectivity index (χ1) is 10.0. The molecule has 0 bridgehead atoms. The molecule has 5 nitrogen and oxygen atoms in total. The van der Waals surface area contributed by atoms with Gasteiger partial charge >= 0.3 is 6.09 Å². The average Bonchev–Trinajstić information content (AvgIpc) is 2.82. The van der Waals surface area contributed by atoms with Gasteiger partial charge in [-0.05, 0) is 28.7 Å². The highest BCUT2D eigenvalue weighted by Gasteiger charge is 2.17. The summed E-state index contributed by atoms with van der Waals surface area (Å²) in [6, 6.07) is 2.46. The fraction of sp³-hybridized carbons (Fsp3) is 0.0769. The number of fused-ring (bicyclic) bond motifs is 3. The van der Waals surface area contributed by atoms with E-state index in [0.717, 1.165) is 9.64 Å². The Morgan fingerprint density at radius 2 is 2.29 bits per heavy atom. The van der Waals surface area contributed by atoms with E-state index >= 15 is 0 Å². The van der Waals surface area contributed by atoms with Crippen molar-refractivity contribution >= 4 is 62.2 Å². The molecule has 2 heterocycles. The lowest BCUT2D eigenvalue weighted by atomic mass is 10.2. The second-order valence-corrected chi connectivity index (χ2v) is 5.77. The van der Waals surface area contributed by atoms with E-state index in [1.807, 2.05) is 22.6 Å². The summed E-state index contributed by atoms with van der Waals surface area (Å²) in [6.07, 6.45) is 0.921. The molecular weight excluding hydrogens is 412 g/mol. The van der Waals surface area contributed by atoms with E-state index in [2.05, 4.69) is 15.3 Å². The highest BCUT2D eigenvalue weighted by molar-refractivity contribution is 14.1. The first-order valence-electron chi connectivity index (χ1n) is 5.85. The molecule has 0 aliphatic rings. The number of hydrogen-bond acceptors (Lipinski definition) is 3. The van der Waals surface area contributed by atoms with Crippen molar-refractivity contribution in [1.82, 2.24) is 15.3 Å². The largest absolute Gasteiger partial charge is 0.412 e. The number of nitrogens with one attached hydrogen (secondary N) is 2. The molecule has 0 fully saturated rings. The van der Waals surface area contributed by atoms with Crippen LogP contribution in [0.4, 0.5) is 9.18 Å². The Kier molecular flexibility index (Phi) is 3.62. The summed E-state index contributed by atoms with van der Waals surface area (Å²) < 4.78 is 19.6. The van der Waals surface area contributed by atoms with Crippen LogP contribution in [0.15, 0.2) is 18.3 Å². The first kappa shape index (κ1) is 14.3. The Hall–Kier alpha value is -1.61. The number of aromatic amines is 1. The van der Waals surface area contributed by atoms with E-state index in [0.29, 0.717) is 27.0 Å². The summed E-state index contributed by atoms with van der Waals surface area (Å²) in [5.74, 6) is -0.453. The number of aromatic nitrogens is 2. The van der Waals surface area contributed by atoms with Crippen LogP contribution in [-0.4, -0.2) is 23.1 Å². The Morgan fingerprint density at radius 3 is 3.00 bits per heavy atom. The number of carbonyl (C=O) groups is 1. The second-order valence-electron chi connectivity index (χ2n) is 4.23. The fourth-order valence-electron chi connectivity index (χ4n) is 2.06. The molecule has 1 amide bonds. The summed E-state index contributed by atoms with van der Waals surface area (Å²) in [4.78, 5) is 18.6. The topological polar surface area (TPSA) is 67.0 Å². The third-order valence-corrected chi connectivity index (χ3v) is 4.49. The predicted octanol–water partition coefficient (Wildman–Crippen LogP) is 3.83. The van der Waals surface area contributed by atoms with Gasteiger partial charge in [0.05, 0.1) is 14.1 Å². The molecule has 0 unspecified atom stereocenters. The van der Waals surface area contributed by atoms with Gasteiger partial charge in [0.25, 0.3) is 0 Å². The molecule has 2 N–H and O–H groups in total. The van der Waals surface area contributed by atoms with E-state index in [1.54, 1.807) is 6.20 Å². The van der Waals surface area contributed by atoms with Gasteiger partial charge in [0, 0.05) is 30.1 Å². The standard InChI is InChI=1S/C13H8ClFIN3O2/c1-17-13(20)21-8-3-5(15)2-6-9-10(14)7(16)4-18-12(9)19-11(6)8/h2-4H,1H3,(H,17,20)(H,18,19). The van der Waals surface area contributed by atoms with Gasteiger partial charge in [-0.15, -0.1) is 0 Å². The van der Waals surface area contributed by atoms with E-state index in [4.69, 9.17) is 16.3 Å². The molecule has 3 rings (SSSR count). The Labute approximate surface area is 137 Å². The monoisotopic (exact) mass is 419 g/mol. The van der Waals surface area contributed by atoms with Crippen LogP contribution in [0.1, 0.15) is 0 Å². The zero-order chi connectivity index (χ0) is 15.1. The highest BCUT2D eigenvalue weighted by Crippen LogP contribution is 2.37. The summed E-state index contributed by atoms with van der Waals surface area (Å²) in [7, 11) is 1.42.